The molecule has 2 atom stereocenters. The zero-order valence-electron chi connectivity index (χ0n) is 7.52. The molecule has 0 amide bonds. The van der Waals surface area contributed by atoms with Gasteiger partial charge in [0.25, 0.3) is 0 Å². The number of alkyl halides is 1. The van der Waals surface area contributed by atoms with Crippen molar-refractivity contribution in [3.8, 4) is 11.8 Å². The van der Waals surface area contributed by atoms with Crippen molar-refractivity contribution in [3.63, 3.8) is 0 Å². The minimum Gasteiger partial charge on any atom is -0.388 e. The molecule has 0 spiro atoms. The lowest BCUT2D eigenvalue weighted by atomic mass is 10.2. The lowest BCUT2D eigenvalue weighted by Gasteiger charge is -2.07. The Balaban J connectivity index is 2.64. The van der Waals surface area contributed by atoms with Crippen LogP contribution < -0.4 is 0 Å². The van der Waals surface area contributed by atoms with Crippen molar-refractivity contribution in [2.75, 3.05) is 5.88 Å². The first-order chi connectivity index (χ1) is 6.74. The number of hydrogen-bond donors (Lipinski definition) is 2. The molecule has 0 aromatic heterocycles. The first-order valence-corrected chi connectivity index (χ1v) is 4.76. The normalized spacial score (nSPS) is 13.9. The molecule has 0 unspecified atom stereocenters. The van der Waals surface area contributed by atoms with Gasteiger partial charge in [0.2, 0.25) is 0 Å². The largest absolute Gasteiger partial charge is 0.388 e. The van der Waals surface area contributed by atoms with E-state index in [9.17, 15) is 5.11 Å². The van der Waals surface area contributed by atoms with Gasteiger partial charge >= 0.3 is 0 Å². The lowest BCUT2D eigenvalue weighted by Crippen LogP contribution is -2.25. The molecule has 0 radical (unpaired) electrons. The minimum atomic E-state index is -1.09. The summed E-state index contributed by atoms with van der Waals surface area (Å²) in [5.74, 6) is 5.24. The molecule has 14 heavy (non-hydrogen) atoms. The highest BCUT2D eigenvalue weighted by atomic mass is 35.5. The van der Waals surface area contributed by atoms with Crippen molar-refractivity contribution >= 4 is 11.6 Å². The molecule has 0 fully saturated rings. The molecule has 0 saturated carbocycles. The van der Waals surface area contributed by atoms with Gasteiger partial charge in [0.05, 0.1) is 5.88 Å². The van der Waals surface area contributed by atoms with Gasteiger partial charge in [-0.05, 0) is 12.1 Å². The third-order valence-electron chi connectivity index (χ3n) is 1.66. The van der Waals surface area contributed by atoms with Crippen LogP contribution in [0.1, 0.15) is 5.56 Å². The van der Waals surface area contributed by atoms with Crippen molar-refractivity contribution in [2.24, 2.45) is 0 Å². The van der Waals surface area contributed by atoms with Crippen molar-refractivity contribution in [1.29, 1.82) is 0 Å². The Morgan fingerprint density at radius 1 is 1.21 bits per heavy atom. The van der Waals surface area contributed by atoms with Crippen LogP contribution in [0.3, 0.4) is 0 Å². The molecule has 3 heteroatoms. The summed E-state index contributed by atoms with van der Waals surface area (Å²) in [5.41, 5.74) is 0.799. The van der Waals surface area contributed by atoms with Gasteiger partial charge in [-0.3, -0.25) is 0 Å². The molecule has 0 aliphatic heterocycles. The third-order valence-corrected chi connectivity index (χ3v) is 1.98. The number of benzene rings is 1. The van der Waals surface area contributed by atoms with E-state index in [2.05, 4.69) is 11.8 Å². The van der Waals surface area contributed by atoms with E-state index >= 15 is 0 Å². The summed E-state index contributed by atoms with van der Waals surface area (Å²) in [7, 11) is 0. The van der Waals surface area contributed by atoms with E-state index in [-0.39, 0.29) is 5.88 Å². The minimum absolute atomic E-state index is 0.0232. The number of halogens is 1. The van der Waals surface area contributed by atoms with E-state index in [0.29, 0.717) is 0 Å². The molecule has 0 heterocycles. The first-order valence-electron chi connectivity index (χ1n) is 4.22. The van der Waals surface area contributed by atoms with Crippen LogP contribution in [0.25, 0.3) is 0 Å². The van der Waals surface area contributed by atoms with E-state index in [4.69, 9.17) is 16.7 Å². The molecule has 1 aromatic rings. The van der Waals surface area contributed by atoms with Gasteiger partial charge < -0.3 is 10.2 Å². The zero-order valence-corrected chi connectivity index (χ0v) is 8.28. The highest BCUT2D eigenvalue weighted by Crippen LogP contribution is 1.98. The van der Waals surface area contributed by atoms with Crippen molar-refractivity contribution in [3.05, 3.63) is 35.9 Å². The van der Waals surface area contributed by atoms with Crippen LogP contribution in [0.2, 0.25) is 0 Å². The van der Waals surface area contributed by atoms with Crippen LogP contribution in [0, 0.1) is 11.8 Å². The van der Waals surface area contributed by atoms with Crippen LogP contribution in [0.15, 0.2) is 30.3 Å². The Morgan fingerprint density at radius 2 is 1.86 bits per heavy atom. The monoisotopic (exact) mass is 210 g/mol. The van der Waals surface area contributed by atoms with E-state index in [1.165, 1.54) is 0 Å². The van der Waals surface area contributed by atoms with E-state index in [0.717, 1.165) is 5.56 Å². The van der Waals surface area contributed by atoms with Gasteiger partial charge in [-0.1, -0.05) is 30.0 Å². The SMILES string of the molecule is O[C@@H](C#Cc1ccccc1)[C@@H](O)CCl. The van der Waals surface area contributed by atoms with Gasteiger partial charge in [0.15, 0.2) is 0 Å². The molecule has 2 N–H and O–H groups in total. The fraction of sp³-hybridized carbons (Fsp3) is 0.273. The topological polar surface area (TPSA) is 40.5 Å². The quantitative estimate of drug-likeness (QED) is 0.565. The van der Waals surface area contributed by atoms with Gasteiger partial charge in [0.1, 0.15) is 12.2 Å². The predicted molar refractivity (Wildman–Crippen MR) is 56.1 cm³/mol. The van der Waals surface area contributed by atoms with Crippen LogP contribution in [0.5, 0.6) is 0 Å². The molecular formula is C11H11ClO2. The molecule has 0 aliphatic rings. The molecule has 1 rings (SSSR count). The Bertz CT molecular complexity index is 326. The zero-order chi connectivity index (χ0) is 10.4. The summed E-state index contributed by atoms with van der Waals surface area (Å²) in [4.78, 5) is 0. The lowest BCUT2D eigenvalue weighted by molar-refractivity contribution is 0.0701. The summed E-state index contributed by atoms with van der Waals surface area (Å²) in [5, 5.41) is 18.4. The second-order valence-electron chi connectivity index (χ2n) is 2.80. The summed E-state index contributed by atoms with van der Waals surface area (Å²) >= 11 is 5.35. The predicted octanol–water partition coefficient (Wildman–Crippen LogP) is 0.999. The highest BCUT2D eigenvalue weighted by Gasteiger charge is 2.10. The molecule has 2 nitrogen and oxygen atoms in total. The molecule has 0 saturated heterocycles. The maximum absolute atomic E-state index is 9.27. The standard InChI is InChI=1S/C11H11ClO2/c12-8-11(14)10(13)7-6-9-4-2-1-3-5-9/h1-5,10-11,13-14H,8H2/t10-,11-/m0/s1. The van der Waals surface area contributed by atoms with Crippen LogP contribution in [0.4, 0.5) is 0 Å². The van der Waals surface area contributed by atoms with Gasteiger partial charge in [-0.2, -0.15) is 0 Å². The Labute approximate surface area is 88.1 Å². The highest BCUT2D eigenvalue weighted by molar-refractivity contribution is 6.18. The Kier molecular flexibility index (Phi) is 4.48. The summed E-state index contributed by atoms with van der Waals surface area (Å²) in [6.45, 7) is 0. The second kappa shape index (κ2) is 5.66. The number of hydrogen-bond acceptors (Lipinski definition) is 2. The fourth-order valence-corrected chi connectivity index (χ4v) is 1.03. The van der Waals surface area contributed by atoms with E-state index in [1.807, 2.05) is 30.3 Å². The molecule has 1 aromatic carbocycles. The van der Waals surface area contributed by atoms with Crippen LogP contribution >= 0.6 is 11.6 Å². The number of rotatable bonds is 2. The first kappa shape index (κ1) is 11.1. The van der Waals surface area contributed by atoms with Gasteiger partial charge in [-0.25, -0.2) is 0 Å². The number of aliphatic hydroxyl groups excluding tert-OH is 2. The summed E-state index contributed by atoms with van der Waals surface area (Å²) in [6, 6.07) is 9.25. The molecule has 0 aliphatic carbocycles. The molecular weight excluding hydrogens is 200 g/mol. The molecule has 74 valence electrons. The molecule has 0 bridgehead atoms. The van der Waals surface area contributed by atoms with Crippen LogP contribution in [-0.4, -0.2) is 28.3 Å². The van der Waals surface area contributed by atoms with Crippen molar-refractivity contribution in [1.82, 2.24) is 0 Å². The smallest absolute Gasteiger partial charge is 0.142 e. The van der Waals surface area contributed by atoms with Crippen molar-refractivity contribution < 1.29 is 10.2 Å². The second-order valence-corrected chi connectivity index (χ2v) is 3.11. The van der Waals surface area contributed by atoms with E-state index in [1.54, 1.807) is 0 Å². The Hall–Kier alpha value is -1.01. The maximum Gasteiger partial charge on any atom is 0.142 e. The average molecular weight is 211 g/mol. The van der Waals surface area contributed by atoms with Gasteiger partial charge in [-0.15, -0.1) is 11.6 Å². The third kappa shape index (κ3) is 3.39. The fourth-order valence-electron chi connectivity index (χ4n) is 0.859. The van der Waals surface area contributed by atoms with E-state index < -0.39 is 12.2 Å². The summed E-state index contributed by atoms with van der Waals surface area (Å²) < 4.78 is 0. The average Bonchev–Trinajstić information content (AvgIpc) is 2.26. The number of aliphatic hydroxyl groups is 2. The van der Waals surface area contributed by atoms with Crippen LogP contribution in [-0.2, 0) is 0 Å². The Morgan fingerprint density at radius 3 is 2.43 bits per heavy atom. The maximum atomic E-state index is 9.27. The summed E-state index contributed by atoms with van der Waals surface area (Å²) in [6.07, 6.45) is -2.08. The van der Waals surface area contributed by atoms with Gasteiger partial charge in [0, 0.05) is 5.56 Å². The van der Waals surface area contributed by atoms with Crippen molar-refractivity contribution in [2.45, 2.75) is 12.2 Å².